The fourth-order valence-electron chi connectivity index (χ4n) is 1.75. The second-order valence-electron chi connectivity index (χ2n) is 5.06. The SMILES string of the molecule is CNc1cc(NCCC2CC2)nc(C(C)C)n1. The summed E-state index contributed by atoms with van der Waals surface area (Å²) in [7, 11) is 1.89. The zero-order valence-electron chi connectivity index (χ0n) is 11.0. The maximum Gasteiger partial charge on any atom is 0.135 e. The van der Waals surface area contributed by atoms with Crippen molar-refractivity contribution in [3.05, 3.63) is 11.9 Å². The third-order valence-electron chi connectivity index (χ3n) is 3.07. The lowest BCUT2D eigenvalue weighted by molar-refractivity contribution is 0.749. The molecule has 0 amide bonds. The Morgan fingerprint density at radius 3 is 2.59 bits per heavy atom. The average Bonchev–Trinajstić information content (AvgIpc) is 3.12. The molecule has 0 bridgehead atoms. The topological polar surface area (TPSA) is 49.8 Å². The Bertz CT molecular complexity index is 372. The van der Waals surface area contributed by atoms with Gasteiger partial charge in [0.15, 0.2) is 0 Å². The van der Waals surface area contributed by atoms with Crippen LogP contribution in [0.15, 0.2) is 6.07 Å². The fraction of sp³-hybridized carbons (Fsp3) is 0.692. The predicted molar refractivity (Wildman–Crippen MR) is 71.5 cm³/mol. The van der Waals surface area contributed by atoms with Crippen LogP contribution in [-0.4, -0.2) is 23.6 Å². The molecule has 4 heteroatoms. The Morgan fingerprint density at radius 1 is 1.29 bits per heavy atom. The zero-order valence-corrected chi connectivity index (χ0v) is 11.0. The van der Waals surface area contributed by atoms with Crippen LogP contribution in [0.3, 0.4) is 0 Å². The Morgan fingerprint density at radius 2 is 2.00 bits per heavy atom. The van der Waals surface area contributed by atoms with Gasteiger partial charge in [-0.25, -0.2) is 9.97 Å². The molecule has 1 saturated carbocycles. The zero-order chi connectivity index (χ0) is 12.3. The van der Waals surface area contributed by atoms with E-state index >= 15 is 0 Å². The Kier molecular flexibility index (Phi) is 3.82. The van der Waals surface area contributed by atoms with E-state index in [4.69, 9.17) is 0 Å². The summed E-state index contributed by atoms with van der Waals surface area (Å²) >= 11 is 0. The minimum Gasteiger partial charge on any atom is -0.373 e. The molecular formula is C13H22N4. The van der Waals surface area contributed by atoms with Gasteiger partial charge in [-0.1, -0.05) is 26.7 Å². The minimum absolute atomic E-state index is 0.354. The summed E-state index contributed by atoms with van der Waals surface area (Å²) in [5.41, 5.74) is 0. The van der Waals surface area contributed by atoms with E-state index in [2.05, 4.69) is 34.4 Å². The van der Waals surface area contributed by atoms with E-state index in [1.807, 2.05) is 13.1 Å². The van der Waals surface area contributed by atoms with Gasteiger partial charge < -0.3 is 10.6 Å². The molecule has 4 nitrogen and oxygen atoms in total. The van der Waals surface area contributed by atoms with Gasteiger partial charge in [0.2, 0.25) is 0 Å². The number of hydrogen-bond donors (Lipinski definition) is 2. The van der Waals surface area contributed by atoms with Crippen LogP contribution >= 0.6 is 0 Å². The van der Waals surface area contributed by atoms with Crippen molar-refractivity contribution < 1.29 is 0 Å². The van der Waals surface area contributed by atoms with E-state index in [1.54, 1.807) is 0 Å². The molecule has 1 heterocycles. The van der Waals surface area contributed by atoms with E-state index in [9.17, 15) is 0 Å². The lowest BCUT2D eigenvalue weighted by Crippen LogP contribution is -2.09. The highest BCUT2D eigenvalue weighted by Crippen LogP contribution is 2.32. The van der Waals surface area contributed by atoms with E-state index in [-0.39, 0.29) is 0 Å². The first-order valence-electron chi connectivity index (χ1n) is 6.49. The molecule has 2 N–H and O–H groups in total. The summed E-state index contributed by atoms with van der Waals surface area (Å²) in [6.45, 7) is 5.24. The summed E-state index contributed by atoms with van der Waals surface area (Å²) in [4.78, 5) is 8.98. The monoisotopic (exact) mass is 234 g/mol. The van der Waals surface area contributed by atoms with E-state index in [0.29, 0.717) is 5.92 Å². The first-order valence-corrected chi connectivity index (χ1v) is 6.49. The molecule has 0 saturated heterocycles. The first-order chi connectivity index (χ1) is 8.19. The molecule has 0 unspecified atom stereocenters. The van der Waals surface area contributed by atoms with Crippen molar-refractivity contribution >= 4 is 11.6 Å². The number of aromatic nitrogens is 2. The van der Waals surface area contributed by atoms with Gasteiger partial charge in [-0.3, -0.25) is 0 Å². The standard InChI is InChI=1S/C13H22N4/c1-9(2)13-16-11(14-3)8-12(17-13)15-7-6-10-4-5-10/h8-10H,4-7H2,1-3H3,(H2,14,15,16,17). The highest BCUT2D eigenvalue weighted by Gasteiger charge is 2.20. The normalized spacial score (nSPS) is 15.1. The van der Waals surface area contributed by atoms with Crippen LogP contribution in [0.1, 0.15) is 44.9 Å². The summed E-state index contributed by atoms with van der Waals surface area (Å²) in [6.07, 6.45) is 4.07. The molecule has 17 heavy (non-hydrogen) atoms. The second kappa shape index (κ2) is 5.34. The number of hydrogen-bond acceptors (Lipinski definition) is 4. The van der Waals surface area contributed by atoms with Crippen molar-refractivity contribution in [1.29, 1.82) is 0 Å². The van der Waals surface area contributed by atoms with Crippen LogP contribution in [0.4, 0.5) is 11.6 Å². The van der Waals surface area contributed by atoms with Crippen molar-refractivity contribution in [2.45, 2.75) is 39.0 Å². The van der Waals surface area contributed by atoms with Crippen LogP contribution in [0, 0.1) is 5.92 Å². The highest BCUT2D eigenvalue weighted by molar-refractivity contribution is 5.47. The summed E-state index contributed by atoms with van der Waals surface area (Å²) < 4.78 is 0. The molecule has 1 aromatic rings. The van der Waals surface area contributed by atoms with E-state index < -0.39 is 0 Å². The van der Waals surface area contributed by atoms with Crippen molar-refractivity contribution in [3.63, 3.8) is 0 Å². The Labute approximate surface area is 103 Å². The van der Waals surface area contributed by atoms with Crippen LogP contribution in [0.25, 0.3) is 0 Å². The molecule has 1 aliphatic rings. The summed E-state index contributed by atoms with van der Waals surface area (Å²) in [5.74, 6) is 4.03. The maximum atomic E-state index is 4.54. The van der Waals surface area contributed by atoms with Crippen molar-refractivity contribution in [2.75, 3.05) is 24.2 Å². The molecular weight excluding hydrogens is 212 g/mol. The molecule has 0 aromatic carbocycles. The van der Waals surface area contributed by atoms with E-state index in [1.165, 1.54) is 19.3 Å². The van der Waals surface area contributed by atoms with E-state index in [0.717, 1.165) is 29.9 Å². The molecule has 0 atom stereocenters. The third kappa shape index (κ3) is 3.58. The molecule has 0 radical (unpaired) electrons. The van der Waals surface area contributed by atoms with Gasteiger partial charge in [-0.15, -0.1) is 0 Å². The highest BCUT2D eigenvalue weighted by atomic mass is 15.1. The van der Waals surface area contributed by atoms with Gasteiger partial charge in [0.25, 0.3) is 0 Å². The van der Waals surface area contributed by atoms with Crippen molar-refractivity contribution in [3.8, 4) is 0 Å². The predicted octanol–water partition coefficient (Wildman–Crippen LogP) is 2.85. The smallest absolute Gasteiger partial charge is 0.135 e. The molecule has 1 aromatic heterocycles. The molecule has 1 aliphatic carbocycles. The quantitative estimate of drug-likeness (QED) is 0.794. The van der Waals surface area contributed by atoms with Crippen LogP contribution in [-0.2, 0) is 0 Å². The number of nitrogens with zero attached hydrogens (tertiary/aromatic N) is 2. The van der Waals surface area contributed by atoms with Crippen molar-refractivity contribution in [2.24, 2.45) is 5.92 Å². The van der Waals surface area contributed by atoms with Gasteiger partial charge in [-0.05, 0) is 12.3 Å². The molecule has 0 aliphatic heterocycles. The molecule has 0 spiro atoms. The lowest BCUT2D eigenvalue weighted by Gasteiger charge is -2.11. The van der Waals surface area contributed by atoms with Gasteiger partial charge in [0.05, 0.1) is 0 Å². The number of anilines is 2. The van der Waals surface area contributed by atoms with Gasteiger partial charge >= 0.3 is 0 Å². The second-order valence-corrected chi connectivity index (χ2v) is 5.06. The summed E-state index contributed by atoms with van der Waals surface area (Å²) in [6, 6.07) is 1.97. The van der Waals surface area contributed by atoms with Crippen LogP contribution < -0.4 is 10.6 Å². The molecule has 2 rings (SSSR count). The maximum absolute atomic E-state index is 4.54. The van der Waals surface area contributed by atoms with Crippen LogP contribution in [0.2, 0.25) is 0 Å². The average molecular weight is 234 g/mol. The fourth-order valence-corrected chi connectivity index (χ4v) is 1.75. The largest absolute Gasteiger partial charge is 0.373 e. The summed E-state index contributed by atoms with van der Waals surface area (Å²) in [5, 5.41) is 6.48. The van der Waals surface area contributed by atoms with Gasteiger partial charge in [0, 0.05) is 25.6 Å². The van der Waals surface area contributed by atoms with Crippen LogP contribution in [0.5, 0.6) is 0 Å². The molecule has 94 valence electrons. The molecule has 1 fully saturated rings. The third-order valence-corrected chi connectivity index (χ3v) is 3.07. The van der Waals surface area contributed by atoms with Gasteiger partial charge in [-0.2, -0.15) is 0 Å². The number of nitrogens with one attached hydrogen (secondary N) is 2. The van der Waals surface area contributed by atoms with Gasteiger partial charge in [0.1, 0.15) is 17.5 Å². The van der Waals surface area contributed by atoms with Crippen molar-refractivity contribution in [1.82, 2.24) is 9.97 Å². The lowest BCUT2D eigenvalue weighted by atomic mass is 10.2. The first kappa shape index (κ1) is 12.1. The number of rotatable bonds is 6. The Hall–Kier alpha value is -1.32. The minimum atomic E-state index is 0.354. The Balaban J connectivity index is 2.00.